The zero-order valence-electron chi connectivity index (χ0n) is 14.4. The molecule has 0 saturated heterocycles. The van der Waals surface area contributed by atoms with Crippen LogP contribution in [0.4, 0.5) is 0 Å². The summed E-state index contributed by atoms with van der Waals surface area (Å²) in [6.45, 7) is 0.919. The summed E-state index contributed by atoms with van der Waals surface area (Å²) in [5.74, 6) is -2.11. The predicted molar refractivity (Wildman–Crippen MR) is 89.8 cm³/mol. The van der Waals surface area contributed by atoms with E-state index < -0.39 is 18.7 Å². The molecule has 0 atom stereocenters. The molecule has 0 aliphatic heterocycles. The highest BCUT2D eigenvalue weighted by molar-refractivity contribution is 6.02. The molecule has 9 nitrogen and oxygen atoms in total. The second-order valence-corrected chi connectivity index (χ2v) is 5.51. The summed E-state index contributed by atoms with van der Waals surface area (Å²) in [6.07, 6.45) is 0. The standard InChI is InChI=1S/C18H18O9/c1-11-2-5-15(16(6-11)17(20)21)18(22)24-10-27-26-9-12-3-4-14(19)7-13(12)8-25-23/h2-7,19,23H,8-10H2,1H3,(H,20,21). The number of aromatic carboxylic acids is 1. The van der Waals surface area contributed by atoms with Gasteiger partial charge in [0.25, 0.3) is 0 Å². The predicted octanol–water partition coefficient (Wildman–Crippen LogP) is 2.65. The number of hydrogen-bond donors (Lipinski definition) is 3. The summed E-state index contributed by atoms with van der Waals surface area (Å²) in [7, 11) is 0. The lowest BCUT2D eigenvalue weighted by molar-refractivity contribution is -0.335. The van der Waals surface area contributed by atoms with Gasteiger partial charge in [-0.1, -0.05) is 17.7 Å². The average molecular weight is 378 g/mol. The van der Waals surface area contributed by atoms with Gasteiger partial charge in [0, 0.05) is 0 Å². The number of carbonyl (C=O) groups is 2. The van der Waals surface area contributed by atoms with Crippen molar-refractivity contribution in [1.82, 2.24) is 0 Å². The molecule has 0 heterocycles. The molecular formula is C18H18O9. The average Bonchev–Trinajstić information content (AvgIpc) is 2.63. The van der Waals surface area contributed by atoms with E-state index in [9.17, 15) is 14.7 Å². The Labute approximate surface area is 154 Å². The van der Waals surface area contributed by atoms with Crippen LogP contribution in [0, 0.1) is 6.92 Å². The fourth-order valence-corrected chi connectivity index (χ4v) is 2.26. The number of aromatic hydroxyl groups is 1. The molecule has 0 unspecified atom stereocenters. The fourth-order valence-electron chi connectivity index (χ4n) is 2.26. The lowest BCUT2D eigenvalue weighted by atomic mass is 10.0. The lowest BCUT2D eigenvalue weighted by Crippen LogP contribution is -2.14. The molecule has 0 radical (unpaired) electrons. The van der Waals surface area contributed by atoms with Crippen molar-refractivity contribution in [3.8, 4) is 5.75 Å². The van der Waals surface area contributed by atoms with E-state index in [1.54, 1.807) is 19.1 Å². The van der Waals surface area contributed by atoms with Gasteiger partial charge in [-0.25, -0.2) is 19.4 Å². The van der Waals surface area contributed by atoms with E-state index in [4.69, 9.17) is 24.9 Å². The Morgan fingerprint density at radius 1 is 0.963 bits per heavy atom. The van der Waals surface area contributed by atoms with E-state index in [1.807, 2.05) is 0 Å². The van der Waals surface area contributed by atoms with E-state index in [0.717, 1.165) is 0 Å². The Morgan fingerprint density at radius 2 is 1.74 bits per heavy atom. The summed E-state index contributed by atoms with van der Waals surface area (Å²) in [6, 6.07) is 8.68. The van der Waals surface area contributed by atoms with Crippen molar-refractivity contribution in [1.29, 1.82) is 0 Å². The van der Waals surface area contributed by atoms with Crippen LogP contribution >= 0.6 is 0 Å². The van der Waals surface area contributed by atoms with Crippen molar-refractivity contribution >= 4 is 11.9 Å². The maximum atomic E-state index is 12.0. The SMILES string of the molecule is Cc1ccc(C(=O)OCOOCc2ccc(O)cc2COO)c(C(=O)O)c1. The number of rotatable bonds is 9. The van der Waals surface area contributed by atoms with Crippen LogP contribution in [-0.2, 0) is 32.6 Å². The molecule has 0 saturated carbocycles. The van der Waals surface area contributed by atoms with Crippen LogP contribution in [0.15, 0.2) is 36.4 Å². The van der Waals surface area contributed by atoms with Crippen molar-refractivity contribution in [2.75, 3.05) is 6.79 Å². The molecule has 3 N–H and O–H groups in total. The van der Waals surface area contributed by atoms with Crippen molar-refractivity contribution in [2.24, 2.45) is 0 Å². The first-order valence-corrected chi connectivity index (χ1v) is 7.75. The number of phenolic OH excluding ortho intramolecular Hbond substituents is 1. The molecule has 0 spiro atoms. The maximum Gasteiger partial charge on any atom is 0.341 e. The number of carboxylic acids is 1. The molecule has 2 rings (SSSR count). The minimum atomic E-state index is -1.24. The molecule has 0 aliphatic carbocycles. The second-order valence-electron chi connectivity index (χ2n) is 5.51. The first-order valence-electron chi connectivity index (χ1n) is 7.75. The number of hydrogen-bond acceptors (Lipinski definition) is 8. The van der Waals surface area contributed by atoms with Gasteiger partial charge in [0.1, 0.15) is 19.0 Å². The first kappa shape index (κ1) is 20.3. The topological polar surface area (TPSA) is 132 Å². The Morgan fingerprint density at radius 3 is 2.44 bits per heavy atom. The number of phenols is 1. The summed E-state index contributed by atoms with van der Waals surface area (Å²) in [4.78, 5) is 36.9. The van der Waals surface area contributed by atoms with Gasteiger partial charge in [-0.05, 0) is 42.3 Å². The zero-order valence-corrected chi connectivity index (χ0v) is 14.4. The summed E-state index contributed by atoms with van der Waals surface area (Å²) >= 11 is 0. The number of carbonyl (C=O) groups excluding carboxylic acids is 1. The second kappa shape index (κ2) is 9.64. The smallest absolute Gasteiger partial charge is 0.341 e. The van der Waals surface area contributed by atoms with Gasteiger partial charge in [-0.2, -0.15) is 4.89 Å². The first-order chi connectivity index (χ1) is 12.9. The van der Waals surface area contributed by atoms with Gasteiger partial charge >= 0.3 is 11.9 Å². The molecule has 0 fully saturated rings. The summed E-state index contributed by atoms with van der Waals surface area (Å²) in [5, 5.41) is 27.1. The minimum absolute atomic E-state index is 0.00650. The van der Waals surface area contributed by atoms with E-state index in [-0.39, 0.29) is 30.1 Å². The number of aryl methyl sites for hydroxylation is 1. The molecule has 2 aromatic rings. The number of esters is 1. The molecule has 9 heteroatoms. The maximum absolute atomic E-state index is 12.0. The highest BCUT2D eigenvalue weighted by atomic mass is 17.2. The van der Waals surface area contributed by atoms with E-state index >= 15 is 0 Å². The third kappa shape index (κ3) is 5.76. The quantitative estimate of drug-likeness (QED) is 0.198. The van der Waals surface area contributed by atoms with Gasteiger partial charge < -0.3 is 14.9 Å². The molecule has 144 valence electrons. The van der Waals surface area contributed by atoms with Crippen molar-refractivity contribution < 1.29 is 44.5 Å². The summed E-state index contributed by atoms with van der Waals surface area (Å²) in [5.41, 5.74) is 1.47. The molecule has 2 aromatic carbocycles. The molecule has 0 bridgehead atoms. The largest absolute Gasteiger partial charge is 0.508 e. The van der Waals surface area contributed by atoms with Crippen molar-refractivity contribution in [3.05, 3.63) is 64.2 Å². The molecule has 0 aromatic heterocycles. The van der Waals surface area contributed by atoms with Gasteiger partial charge in [0.2, 0.25) is 6.79 Å². The van der Waals surface area contributed by atoms with Crippen LogP contribution in [0.25, 0.3) is 0 Å². The molecule has 0 amide bonds. The highest BCUT2D eigenvalue weighted by Gasteiger charge is 2.18. The number of benzene rings is 2. The van der Waals surface area contributed by atoms with Gasteiger partial charge in [-0.15, -0.1) is 0 Å². The van der Waals surface area contributed by atoms with E-state index in [2.05, 4.69) is 4.89 Å². The van der Waals surface area contributed by atoms with Crippen LogP contribution in [0.3, 0.4) is 0 Å². The van der Waals surface area contributed by atoms with Crippen molar-refractivity contribution in [3.63, 3.8) is 0 Å². The molecular weight excluding hydrogens is 360 g/mol. The number of carboxylic acid groups (broad SMARTS) is 1. The monoisotopic (exact) mass is 378 g/mol. The minimum Gasteiger partial charge on any atom is -0.508 e. The zero-order chi connectivity index (χ0) is 19.8. The van der Waals surface area contributed by atoms with E-state index in [0.29, 0.717) is 16.7 Å². The Bertz CT molecular complexity index is 816. The Balaban J connectivity index is 1.86. The Kier molecular flexibility index (Phi) is 7.26. The van der Waals surface area contributed by atoms with Gasteiger partial charge in [0.15, 0.2) is 0 Å². The third-order valence-electron chi connectivity index (χ3n) is 3.57. The third-order valence-corrected chi connectivity index (χ3v) is 3.57. The van der Waals surface area contributed by atoms with Crippen molar-refractivity contribution in [2.45, 2.75) is 20.1 Å². The lowest BCUT2D eigenvalue weighted by Gasteiger charge is -2.10. The van der Waals surface area contributed by atoms with Crippen LogP contribution < -0.4 is 0 Å². The Hall–Kier alpha value is -2.98. The van der Waals surface area contributed by atoms with Crippen LogP contribution in [0.1, 0.15) is 37.4 Å². The normalized spacial score (nSPS) is 10.6. The highest BCUT2D eigenvalue weighted by Crippen LogP contribution is 2.18. The number of ether oxygens (including phenoxy) is 1. The summed E-state index contributed by atoms with van der Waals surface area (Å²) < 4.78 is 4.84. The van der Waals surface area contributed by atoms with Crippen LogP contribution in [0.5, 0.6) is 5.75 Å². The van der Waals surface area contributed by atoms with Gasteiger partial charge in [0.05, 0.1) is 11.1 Å². The van der Waals surface area contributed by atoms with Gasteiger partial charge in [-0.3, -0.25) is 5.26 Å². The van der Waals surface area contributed by atoms with Crippen LogP contribution in [-0.4, -0.2) is 34.2 Å². The fraction of sp³-hybridized carbons (Fsp3) is 0.222. The molecule has 27 heavy (non-hydrogen) atoms. The molecule has 0 aliphatic rings. The van der Waals surface area contributed by atoms with Crippen LogP contribution in [0.2, 0.25) is 0 Å². The van der Waals surface area contributed by atoms with E-state index in [1.165, 1.54) is 24.3 Å².